The van der Waals surface area contributed by atoms with E-state index in [9.17, 15) is 14.9 Å². The number of aliphatic imine (C=N–C) groups is 1. The van der Waals surface area contributed by atoms with E-state index in [2.05, 4.69) is 4.99 Å². The van der Waals surface area contributed by atoms with Crippen LogP contribution in [0.15, 0.2) is 59.2 Å². The maximum absolute atomic E-state index is 11.9. The fraction of sp³-hybridized carbons (Fsp3) is 0. The summed E-state index contributed by atoms with van der Waals surface area (Å²) in [6.07, 6.45) is 1.44. The molecule has 1 heterocycles. The van der Waals surface area contributed by atoms with Crippen LogP contribution >= 0.6 is 11.6 Å². The molecule has 0 N–H and O–H groups in total. The first-order valence-electron chi connectivity index (χ1n) is 6.56. The van der Waals surface area contributed by atoms with Gasteiger partial charge in [0.15, 0.2) is 5.70 Å². The van der Waals surface area contributed by atoms with Gasteiger partial charge in [0.25, 0.3) is 5.69 Å². The van der Waals surface area contributed by atoms with E-state index in [0.29, 0.717) is 16.1 Å². The third-order valence-corrected chi connectivity index (χ3v) is 3.35. The maximum atomic E-state index is 11.9. The second-order valence-electron chi connectivity index (χ2n) is 4.70. The molecule has 1 aliphatic heterocycles. The number of nitro groups is 1. The molecule has 7 heteroatoms. The van der Waals surface area contributed by atoms with E-state index in [1.165, 1.54) is 24.3 Å². The highest BCUT2D eigenvalue weighted by Gasteiger charge is 2.24. The third-order valence-electron chi connectivity index (χ3n) is 3.10. The van der Waals surface area contributed by atoms with Gasteiger partial charge < -0.3 is 4.74 Å². The normalized spacial score (nSPS) is 15.4. The zero-order valence-corrected chi connectivity index (χ0v) is 12.4. The van der Waals surface area contributed by atoms with Gasteiger partial charge in [-0.2, -0.15) is 0 Å². The first kappa shape index (κ1) is 14.9. The number of hydrogen-bond acceptors (Lipinski definition) is 5. The molecule has 114 valence electrons. The van der Waals surface area contributed by atoms with Crippen molar-refractivity contribution >= 4 is 35.2 Å². The van der Waals surface area contributed by atoms with Gasteiger partial charge in [0.05, 0.1) is 4.92 Å². The van der Waals surface area contributed by atoms with Crippen molar-refractivity contribution in [3.05, 3.63) is 80.5 Å². The van der Waals surface area contributed by atoms with Crippen molar-refractivity contribution in [1.29, 1.82) is 0 Å². The molecule has 6 nitrogen and oxygen atoms in total. The number of hydrogen-bond donors (Lipinski definition) is 0. The van der Waals surface area contributed by atoms with Crippen LogP contribution in [0.25, 0.3) is 6.08 Å². The molecular weight excluding hydrogens is 320 g/mol. The van der Waals surface area contributed by atoms with Crippen molar-refractivity contribution in [3.63, 3.8) is 0 Å². The smallest absolute Gasteiger partial charge is 0.363 e. The summed E-state index contributed by atoms with van der Waals surface area (Å²) in [6, 6.07) is 12.6. The van der Waals surface area contributed by atoms with Gasteiger partial charge in [-0.25, -0.2) is 9.79 Å². The first-order chi connectivity index (χ1) is 11.0. The molecule has 2 aromatic carbocycles. The Morgan fingerprint density at radius 2 is 1.91 bits per heavy atom. The Labute approximate surface area is 135 Å². The summed E-state index contributed by atoms with van der Waals surface area (Å²) in [7, 11) is 0. The lowest BCUT2D eigenvalue weighted by atomic mass is 10.1. The van der Waals surface area contributed by atoms with Gasteiger partial charge in [0.2, 0.25) is 5.90 Å². The second kappa shape index (κ2) is 6.02. The summed E-state index contributed by atoms with van der Waals surface area (Å²) >= 11 is 5.81. The van der Waals surface area contributed by atoms with Crippen LogP contribution < -0.4 is 0 Å². The van der Waals surface area contributed by atoms with Crippen LogP contribution in [-0.4, -0.2) is 16.8 Å². The molecule has 0 radical (unpaired) electrons. The van der Waals surface area contributed by atoms with Crippen LogP contribution in [0, 0.1) is 10.1 Å². The fourth-order valence-corrected chi connectivity index (χ4v) is 2.14. The zero-order valence-electron chi connectivity index (χ0n) is 11.6. The monoisotopic (exact) mass is 328 g/mol. The van der Waals surface area contributed by atoms with Crippen molar-refractivity contribution < 1.29 is 14.5 Å². The molecule has 3 rings (SSSR count). The van der Waals surface area contributed by atoms with Gasteiger partial charge in [0, 0.05) is 22.7 Å². The Kier molecular flexibility index (Phi) is 3.91. The van der Waals surface area contributed by atoms with Crippen LogP contribution in [-0.2, 0) is 9.53 Å². The van der Waals surface area contributed by atoms with E-state index in [-0.39, 0.29) is 17.3 Å². The topological polar surface area (TPSA) is 81.8 Å². The number of non-ortho nitro benzene ring substituents is 1. The zero-order chi connectivity index (χ0) is 16.4. The average Bonchev–Trinajstić information content (AvgIpc) is 2.89. The largest absolute Gasteiger partial charge is 0.402 e. The highest BCUT2D eigenvalue weighted by atomic mass is 35.5. The molecule has 0 bridgehead atoms. The Bertz CT molecular complexity index is 857. The van der Waals surface area contributed by atoms with Gasteiger partial charge in [-0.3, -0.25) is 10.1 Å². The number of carbonyl (C=O) groups is 1. The van der Waals surface area contributed by atoms with Crippen molar-refractivity contribution in [2.45, 2.75) is 0 Å². The third kappa shape index (κ3) is 3.27. The number of esters is 1. The predicted molar refractivity (Wildman–Crippen MR) is 85.2 cm³/mol. The number of cyclic esters (lactones) is 1. The standard InChI is InChI=1S/C16H9ClN2O4/c17-12-6-4-11(5-7-12)15-18-14(16(20)23-15)9-10-2-1-3-13(8-10)19(21)22/h1-9H. The van der Waals surface area contributed by atoms with E-state index in [4.69, 9.17) is 16.3 Å². The SMILES string of the molecule is O=C1OC(c2ccc(Cl)cc2)=NC1=Cc1cccc([N+](=O)[O-])c1. The van der Waals surface area contributed by atoms with Crippen LogP contribution in [0.1, 0.15) is 11.1 Å². The van der Waals surface area contributed by atoms with Crippen molar-refractivity contribution in [2.24, 2.45) is 4.99 Å². The van der Waals surface area contributed by atoms with Crippen LogP contribution in [0.2, 0.25) is 5.02 Å². The molecule has 0 spiro atoms. The van der Waals surface area contributed by atoms with Gasteiger partial charge in [-0.05, 0) is 35.9 Å². The predicted octanol–water partition coefficient (Wildman–Crippen LogP) is 3.59. The first-order valence-corrected chi connectivity index (χ1v) is 6.94. The molecule has 0 saturated heterocycles. The highest BCUT2D eigenvalue weighted by molar-refractivity contribution is 6.30. The van der Waals surface area contributed by atoms with Crippen LogP contribution in [0.5, 0.6) is 0 Å². The lowest BCUT2D eigenvalue weighted by Crippen LogP contribution is -2.05. The minimum Gasteiger partial charge on any atom is -0.402 e. The summed E-state index contributed by atoms with van der Waals surface area (Å²) in [6.45, 7) is 0. The minimum atomic E-state index is -0.610. The molecular formula is C16H9ClN2O4. The number of rotatable bonds is 3. The van der Waals surface area contributed by atoms with E-state index in [1.54, 1.807) is 30.3 Å². The molecule has 0 aromatic heterocycles. The van der Waals surface area contributed by atoms with E-state index in [0.717, 1.165) is 0 Å². The van der Waals surface area contributed by atoms with Crippen molar-refractivity contribution in [1.82, 2.24) is 0 Å². The second-order valence-corrected chi connectivity index (χ2v) is 5.13. The Balaban J connectivity index is 1.93. The van der Waals surface area contributed by atoms with Gasteiger partial charge in [0.1, 0.15) is 0 Å². The molecule has 0 fully saturated rings. The summed E-state index contributed by atoms with van der Waals surface area (Å²) in [5.41, 5.74) is 1.13. The Morgan fingerprint density at radius 3 is 2.61 bits per heavy atom. The Morgan fingerprint density at radius 1 is 1.17 bits per heavy atom. The fourth-order valence-electron chi connectivity index (χ4n) is 2.01. The van der Waals surface area contributed by atoms with Gasteiger partial charge in [-0.15, -0.1) is 0 Å². The molecule has 23 heavy (non-hydrogen) atoms. The molecule has 0 atom stereocenters. The quantitative estimate of drug-likeness (QED) is 0.373. The maximum Gasteiger partial charge on any atom is 0.363 e. The Hall–Kier alpha value is -2.99. The number of halogens is 1. The van der Waals surface area contributed by atoms with E-state index >= 15 is 0 Å². The summed E-state index contributed by atoms with van der Waals surface area (Å²) in [4.78, 5) is 26.3. The number of nitro benzene ring substituents is 1. The summed E-state index contributed by atoms with van der Waals surface area (Å²) in [5.74, 6) is -0.440. The van der Waals surface area contributed by atoms with Gasteiger partial charge in [-0.1, -0.05) is 23.7 Å². The van der Waals surface area contributed by atoms with E-state index < -0.39 is 10.9 Å². The summed E-state index contributed by atoms with van der Waals surface area (Å²) < 4.78 is 5.12. The molecule has 1 aliphatic rings. The molecule has 0 amide bonds. The number of nitrogens with zero attached hydrogens (tertiary/aromatic N) is 2. The van der Waals surface area contributed by atoms with Crippen molar-refractivity contribution in [2.75, 3.05) is 0 Å². The number of ether oxygens (including phenoxy) is 1. The summed E-state index contributed by atoms with van der Waals surface area (Å²) in [5, 5.41) is 11.3. The van der Waals surface area contributed by atoms with Crippen LogP contribution in [0.4, 0.5) is 5.69 Å². The number of carbonyl (C=O) groups excluding carboxylic acids is 1. The minimum absolute atomic E-state index is 0.0624. The molecule has 0 unspecified atom stereocenters. The highest BCUT2D eigenvalue weighted by Crippen LogP contribution is 2.22. The molecule has 0 saturated carbocycles. The van der Waals surface area contributed by atoms with Crippen molar-refractivity contribution in [3.8, 4) is 0 Å². The van der Waals surface area contributed by atoms with Crippen LogP contribution in [0.3, 0.4) is 0 Å². The van der Waals surface area contributed by atoms with Gasteiger partial charge >= 0.3 is 5.97 Å². The molecule has 2 aromatic rings. The lowest BCUT2D eigenvalue weighted by Gasteiger charge is -1.98. The average molecular weight is 329 g/mol. The van der Waals surface area contributed by atoms with E-state index in [1.807, 2.05) is 0 Å². The number of benzene rings is 2. The molecule has 0 aliphatic carbocycles. The lowest BCUT2D eigenvalue weighted by molar-refractivity contribution is -0.384.